The zero-order chi connectivity index (χ0) is 14.5. The Morgan fingerprint density at radius 3 is 2.35 bits per heavy atom. The molecule has 1 atom stereocenters. The topological polar surface area (TPSA) is 12.0 Å². The zero-order valence-corrected chi connectivity index (χ0v) is 13.4. The summed E-state index contributed by atoms with van der Waals surface area (Å²) in [5.41, 5.74) is 3.52. The van der Waals surface area contributed by atoms with E-state index >= 15 is 0 Å². The van der Waals surface area contributed by atoms with Crippen molar-refractivity contribution in [1.82, 2.24) is 0 Å². The summed E-state index contributed by atoms with van der Waals surface area (Å²) in [4.78, 5) is 0. The normalized spacial score (nSPS) is 12.2. The van der Waals surface area contributed by atoms with E-state index in [9.17, 15) is 4.39 Å². The SMILES string of the molecule is CCc1ccc(C(CC)Nc2ccc(F)c(Br)c2)cc1. The largest absolute Gasteiger partial charge is 0.378 e. The molecule has 0 fully saturated rings. The lowest BCUT2D eigenvalue weighted by Crippen LogP contribution is -2.09. The van der Waals surface area contributed by atoms with Crippen LogP contribution in [0.5, 0.6) is 0 Å². The lowest BCUT2D eigenvalue weighted by Gasteiger charge is -2.19. The number of rotatable bonds is 5. The first-order chi connectivity index (χ1) is 9.63. The smallest absolute Gasteiger partial charge is 0.137 e. The molecule has 0 heterocycles. The van der Waals surface area contributed by atoms with Crippen molar-refractivity contribution in [1.29, 1.82) is 0 Å². The maximum atomic E-state index is 13.2. The van der Waals surface area contributed by atoms with Crippen molar-refractivity contribution in [2.24, 2.45) is 0 Å². The number of hydrogen-bond donors (Lipinski definition) is 1. The van der Waals surface area contributed by atoms with Gasteiger partial charge in [-0.3, -0.25) is 0 Å². The third-order valence-electron chi connectivity index (χ3n) is 3.46. The van der Waals surface area contributed by atoms with E-state index in [0.29, 0.717) is 4.47 Å². The summed E-state index contributed by atoms with van der Waals surface area (Å²) in [7, 11) is 0. The Morgan fingerprint density at radius 1 is 1.10 bits per heavy atom. The monoisotopic (exact) mass is 335 g/mol. The van der Waals surface area contributed by atoms with Crippen molar-refractivity contribution in [3.63, 3.8) is 0 Å². The minimum absolute atomic E-state index is 0.235. The second-order valence-corrected chi connectivity index (χ2v) is 5.68. The molecule has 1 nitrogen and oxygen atoms in total. The van der Waals surface area contributed by atoms with Crippen LogP contribution >= 0.6 is 15.9 Å². The third kappa shape index (κ3) is 3.60. The predicted molar refractivity (Wildman–Crippen MR) is 86.6 cm³/mol. The molecule has 2 aromatic carbocycles. The Bertz CT molecular complexity index is 566. The van der Waals surface area contributed by atoms with Crippen LogP contribution in [0.15, 0.2) is 46.9 Å². The standard InChI is InChI=1S/C17H19BrFN/c1-3-12-5-7-13(8-6-12)17(4-2)20-14-9-10-16(19)15(18)11-14/h5-11,17,20H,3-4H2,1-2H3. The summed E-state index contributed by atoms with van der Waals surface area (Å²) < 4.78 is 13.7. The number of halogens is 2. The fourth-order valence-corrected chi connectivity index (χ4v) is 2.57. The molecule has 1 unspecified atom stereocenters. The Hall–Kier alpha value is -1.35. The van der Waals surface area contributed by atoms with Crippen LogP contribution in [0.2, 0.25) is 0 Å². The van der Waals surface area contributed by atoms with Gasteiger partial charge in [0.15, 0.2) is 0 Å². The Balaban J connectivity index is 2.16. The molecule has 0 amide bonds. The molecule has 0 aliphatic carbocycles. The molecule has 3 heteroatoms. The van der Waals surface area contributed by atoms with Gasteiger partial charge in [0.25, 0.3) is 0 Å². The fourth-order valence-electron chi connectivity index (χ4n) is 2.19. The fraction of sp³-hybridized carbons (Fsp3) is 0.294. The minimum atomic E-state index is -0.240. The van der Waals surface area contributed by atoms with Crippen molar-refractivity contribution in [3.8, 4) is 0 Å². The van der Waals surface area contributed by atoms with Crippen LogP contribution in [0.4, 0.5) is 10.1 Å². The molecule has 0 aliphatic heterocycles. The molecule has 0 saturated heterocycles. The minimum Gasteiger partial charge on any atom is -0.378 e. The Morgan fingerprint density at radius 2 is 1.80 bits per heavy atom. The van der Waals surface area contributed by atoms with Gasteiger partial charge < -0.3 is 5.32 Å². The van der Waals surface area contributed by atoms with Gasteiger partial charge in [-0.25, -0.2) is 4.39 Å². The van der Waals surface area contributed by atoms with E-state index < -0.39 is 0 Å². The highest BCUT2D eigenvalue weighted by molar-refractivity contribution is 9.10. The Labute approximate surface area is 128 Å². The lowest BCUT2D eigenvalue weighted by atomic mass is 10.0. The number of hydrogen-bond acceptors (Lipinski definition) is 1. The lowest BCUT2D eigenvalue weighted by molar-refractivity contribution is 0.621. The van der Waals surface area contributed by atoms with E-state index in [4.69, 9.17) is 0 Å². The number of aryl methyl sites for hydroxylation is 1. The van der Waals surface area contributed by atoms with Gasteiger partial charge in [0, 0.05) is 5.69 Å². The molecule has 20 heavy (non-hydrogen) atoms. The van der Waals surface area contributed by atoms with Crippen LogP contribution in [0, 0.1) is 5.82 Å². The molecule has 0 bridgehead atoms. The first kappa shape index (κ1) is 15.0. The van der Waals surface area contributed by atoms with Crippen molar-refractivity contribution in [2.45, 2.75) is 32.7 Å². The molecule has 2 aromatic rings. The predicted octanol–water partition coefficient (Wildman–Crippen LogP) is 5.71. The zero-order valence-electron chi connectivity index (χ0n) is 11.8. The van der Waals surface area contributed by atoms with Crippen molar-refractivity contribution in [3.05, 3.63) is 63.9 Å². The highest BCUT2D eigenvalue weighted by Crippen LogP contribution is 2.26. The van der Waals surface area contributed by atoms with Crippen LogP contribution in [0.25, 0.3) is 0 Å². The molecular formula is C17H19BrFN. The number of nitrogens with one attached hydrogen (secondary N) is 1. The maximum absolute atomic E-state index is 13.2. The molecular weight excluding hydrogens is 317 g/mol. The van der Waals surface area contributed by atoms with Gasteiger partial charge in [0.2, 0.25) is 0 Å². The van der Waals surface area contributed by atoms with E-state index in [1.807, 2.05) is 0 Å². The second kappa shape index (κ2) is 6.89. The number of benzene rings is 2. The van der Waals surface area contributed by atoms with Gasteiger partial charge in [-0.05, 0) is 58.1 Å². The van der Waals surface area contributed by atoms with Crippen molar-refractivity contribution >= 4 is 21.6 Å². The van der Waals surface area contributed by atoms with Crippen LogP contribution in [-0.4, -0.2) is 0 Å². The van der Waals surface area contributed by atoms with Crippen LogP contribution in [0.1, 0.15) is 37.4 Å². The molecule has 0 aromatic heterocycles. The van der Waals surface area contributed by atoms with Gasteiger partial charge >= 0.3 is 0 Å². The van der Waals surface area contributed by atoms with Crippen LogP contribution < -0.4 is 5.32 Å². The van der Waals surface area contributed by atoms with E-state index in [2.05, 4.69) is 59.4 Å². The van der Waals surface area contributed by atoms with Gasteiger partial charge in [-0.15, -0.1) is 0 Å². The van der Waals surface area contributed by atoms with Crippen molar-refractivity contribution < 1.29 is 4.39 Å². The summed E-state index contributed by atoms with van der Waals surface area (Å²) in [6.45, 7) is 4.30. The van der Waals surface area contributed by atoms with E-state index in [0.717, 1.165) is 18.5 Å². The highest BCUT2D eigenvalue weighted by atomic mass is 79.9. The first-order valence-corrected chi connectivity index (χ1v) is 7.73. The van der Waals surface area contributed by atoms with Gasteiger partial charge in [0.05, 0.1) is 10.5 Å². The maximum Gasteiger partial charge on any atom is 0.137 e. The third-order valence-corrected chi connectivity index (χ3v) is 4.07. The van der Waals surface area contributed by atoms with Crippen LogP contribution in [-0.2, 0) is 6.42 Å². The summed E-state index contributed by atoms with van der Waals surface area (Å²) in [5.74, 6) is -0.240. The van der Waals surface area contributed by atoms with E-state index in [1.54, 1.807) is 12.1 Å². The quantitative estimate of drug-likeness (QED) is 0.737. The molecule has 0 aliphatic rings. The second-order valence-electron chi connectivity index (χ2n) is 4.83. The molecule has 106 valence electrons. The summed E-state index contributed by atoms with van der Waals surface area (Å²) >= 11 is 3.22. The van der Waals surface area contributed by atoms with Gasteiger partial charge in [-0.1, -0.05) is 38.1 Å². The first-order valence-electron chi connectivity index (χ1n) is 6.94. The number of anilines is 1. The molecule has 1 N–H and O–H groups in total. The summed E-state index contributed by atoms with van der Waals surface area (Å²) in [6.07, 6.45) is 2.02. The van der Waals surface area contributed by atoms with Crippen molar-refractivity contribution in [2.75, 3.05) is 5.32 Å². The molecule has 0 saturated carbocycles. The average Bonchev–Trinajstić information content (AvgIpc) is 2.48. The molecule has 2 rings (SSSR count). The van der Waals surface area contributed by atoms with Gasteiger partial charge in [-0.2, -0.15) is 0 Å². The average molecular weight is 336 g/mol. The summed E-state index contributed by atoms with van der Waals surface area (Å²) in [6, 6.07) is 13.9. The van der Waals surface area contributed by atoms with Crippen LogP contribution in [0.3, 0.4) is 0 Å². The molecule has 0 spiro atoms. The highest BCUT2D eigenvalue weighted by Gasteiger charge is 2.10. The Kier molecular flexibility index (Phi) is 5.18. The van der Waals surface area contributed by atoms with E-state index in [-0.39, 0.29) is 11.9 Å². The van der Waals surface area contributed by atoms with Gasteiger partial charge in [0.1, 0.15) is 5.82 Å². The van der Waals surface area contributed by atoms with E-state index in [1.165, 1.54) is 17.2 Å². The summed E-state index contributed by atoms with van der Waals surface area (Å²) in [5, 5.41) is 3.45. The molecule has 0 radical (unpaired) electrons.